The SMILES string of the molecule is Cn1nc(C(C)(C)C)cc1NC(=O)Cc1ccc(OCc2ccccc2)cc1. The van der Waals surface area contributed by atoms with Crippen molar-refractivity contribution in [3.8, 4) is 5.75 Å². The van der Waals surface area contributed by atoms with Crippen LogP contribution in [0.1, 0.15) is 37.6 Å². The van der Waals surface area contributed by atoms with Crippen LogP contribution in [-0.4, -0.2) is 15.7 Å². The molecule has 146 valence electrons. The van der Waals surface area contributed by atoms with Crippen LogP contribution in [0.5, 0.6) is 5.75 Å². The lowest BCUT2D eigenvalue weighted by Crippen LogP contribution is -2.16. The number of ether oxygens (including phenoxy) is 1. The third-order valence-electron chi connectivity index (χ3n) is 4.45. The van der Waals surface area contributed by atoms with Gasteiger partial charge < -0.3 is 10.1 Å². The highest BCUT2D eigenvalue weighted by Gasteiger charge is 2.19. The molecule has 0 unspecified atom stereocenters. The predicted molar refractivity (Wildman–Crippen MR) is 111 cm³/mol. The molecule has 3 aromatic rings. The molecule has 0 spiro atoms. The van der Waals surface area contributed by atoms with Gasteiger partial charge in [0.05, 0.1) is 12.1 Å². The van der Waals surface area contributed by atoms with E-state index in [2.05, 4.69) is 31.2 Å². The Hall–Kier alpha value is -3.08. The summed E-state index contributed by atoms with van der Waals surface area (Å²) in [5, 5.41) is 7.43. The maximum atomic E-state index is 12.4. The first-order valence-electron chi connectivity index (χ1n) is 9.41. The van der Waals surface area contributed by atoms with Crippen molar-refractivity contribution in [3.05, 3.63) is 77.5 Å². The van der Waals surface area contributed by atoms with Crippen LogP contribution < -0.4 is 10.1 Å². The summed E-state index contributed by atoms with van der Waals surface area (Å²) in [7, 11) is 1.84. The highest BCUT2D eigenvalue weighted by atomic mass is 16.5. The second-order valence-electron chi connectivity index (χ2n) is 7.93. The Labute approximate surface area is 166 Å². The zero-order valence-corrected chi connectivity index (χ0v) is 16.9. The Morgan fingerprint density at radius 3 is 2.32 bits per heavy atom. The lowest BCUT2D eigenvalue weighted by molar-refractivity contribution is -0.115. The second kappa shape index (κ2) is 8.30. The Kier molecular flexibility index (Phi) is 5.83. The van der Waals surface area contributed by atoms with E-state index in [4.69, 9.17) is 4.74 Å². The van der Waals surface area contributed by atoms with Gasteiger partial charge in [-0.15, -0.1) is 0 Å². The Balaban J connectivity index is 1.55. The maximum Gasteiger partial charge on any atom is 0.229 e. The number of carbonyl (C=O) groups is 1. The molecule has 0 bridgehead atoms. The van der Waals surface area contributed by atoms with E-state index in [-0.39, 0.29) is 11.3 Å². The average Bonchev–Trinajstić information content (AvgIpc) is 3.03. The van der Waals surface area contributed by atoms with Crippen LogP contribution in [0.3, 0.4) is 0 Å². The number of nitrogens with one attached hydrogen (secondary N) is 1. The molecule has 0 aliphatic rings. The normalized spacial score (nSPS) is 11.3. The van der Waals surface area contributed by atoms with Gasteiger partial charge in [0.1, 0.15) is 18.2 Å². The molecule has 5 nitrogen and oxygen atoms in total. The van der Waals surface area contributed by atoms with E-state index in [1.807, 2.05) is 67.7 Å². The van der Waals surface area contributed by atoms with Gasteiger partial charge in [-0.1, -0.05) is 63.2 Å². The monoisotopic (exact) mass is 377 g/mol. The molecule has 1 heterocycles. The van der Waals surface area contributed by atoms with Crippen molar-refractivity contribution in [3.63, 3.8) is 0 Å². The van der Waals surface area contributed by atoms with Crippen LogP contribution in [0.15, 0.2) is 60.7 Å². The molecule has 5 heteroatoms. The standard InChI is InChI=1S/C23H27N3O2/c1-23(2,3)20-15-21(26(4)25-20)24-22(27)14-17-10-12-19(13-11-17)28-16-18-8-6-5-7-9-18/h5-13,15H,14,16H2,1-4H3,(H,24,27). The van der Waals surface area contributed by atoms with Crippen molar-refractivity contribution in [1.82, 2.24) is 9.78 Å². The highest BCUT2D eigenvalue weighted by molar-refractivity contribution is 5.91. The number of benzene rings is 2. The van der Waals surface area contributed by atoms with Gasteiger partial charge in [-0.2, -0.15) is 5.10 Å². The van der Waals surface area contributed by atoms with Crippen LogP contribution in [0, 0.1) is 0 Å². The van der Waals surface area contributed by atoms with E-state index in [0.717, 1.165) is 22.6 Å². The first kappa shape index (κ1) is 19.7. The molecule has 28 heavy (non-hydrogen) atoms. The molecule has 0 fully saturated rings. The van der Waals surface area contributed by atoms with E-state index in [9.17, 15) is 4.79 Å². The second-order valence-corrected chi connectivity index (χ2v) is 7.93. The first-order chi connectivity index (χ1) is 13.3. The van der Waals surface area contributed by atoms with E-state index in [1.165, 1.54) is 0 Å². The van der Waals surface area contributed by atoms with Crippen molar-refractivity contribution in [2.24, 2.45) is 7.05 Å². The molecular weight excluding hydrogens is 350 g/mol. The van der Waals surface area contributed by atoms with E-state index in [0.29, 0.717) is 18.8 Å². The summed E-state index contributed by atoms with van der Waals surface area (Å²) in [6.45, 7) is 6.82. The quantitative estimate of drug-likeness (QED) is 0.689. The molecular formula is C23H27N3O2. The number of rotatable bonds is 6. The van der Waals surface area contributed by atoms with E-state index in [1.54, 1.807) is 4.68 Å². The van der Waals surface area contributed by atoms with Crippen molar-refractivity contribution < 1.29 is 9.53 Å². The van der Waals surface area contributed by atoms with Crippen molar-refractivity contribution >= 4 is 11.7 Å². The Morgan fingerprint density at radius 2 is 1.71 bits per heavy atom. The molecule has 0 aliphatic heterocycles. The fourth-order valence-electron chi connectivity index (χ4n) is 2.77. The lowest BCUT2D eigenvalue weighted by atomic mass is 9.92. The molecule has 0 saturated carbocycles. The minimum atomic E-state index is -0.0681. The largest absolute Gasteiger partial charge is 0.489 e. The fourth-order valence-corrected chi connectivity index (χ4v) is 2.77. The van der Waals surface area contributed by atoms with Gasteiger partial charge in [-0.25, -0.2) is 0 Å². The molecule has 3 rings (SSSR count). The summed E-state index contributed by atoms with van der Waals surface area (Å²) in [5.41, 5.74) is 2.95. The van der Waals surface area contributed by atoms with E-state index >= 15 is 0 Å². The maximum absolute atomic E-state index is 12.4. The zero-order chi connectivity index (χ0) is 20.1. The molecule has 1 aromatic heterocycles. The van der Waals surface area contributed by atoms with Crippen molar-refractivity contribution in [1.29, 1.82) is 0 Å². The fraction of sp³-hybridized carbons (Fsp3) is 0.304. The molecule has 1 N–H and O–H groups in total. The molecule has 0 atom stereocenters. The topological polar surface area (TPSA) is 56.2 Å². The predicted octanol–water partition coefficient (Wildman–Crippen LogP) is 4.48. The van der Waals surface area contributed by atoms with E-state index < -0.39 is 0 Å². The van der Waals surface area contributed by atoms with Crippen LogP contribution in [0.25, 0.3) is 0 Å². The lowest BCUT2D eigenvalue weighted by Gasteiger charge is -2.13. The van der Waals surface area contributed by atoms with Crippen LogP contribution in [0.2, 0.25) is 0 Å². The Bertz CT molecular complexity index is 923. The number of nitrogens with zero attached hydrogens (tertiary/aromatic N) is 2. The van der Waals surface area contributed by atoms with Crippen molar-refractivity contribution in [2.45, 2.75) is 39.2 Å². The summed E-state index contributed by atoms with van der Waals surface area (Å²) < 4.78 is 7.49. The van der Waals surface area contributed by atoms with Gasteiger partial charge in [0, 0.05) is 18.5 Å². The number of amides is 1. The van der Waals surface area contributed by atoms with Gasteiger partial charge >= 0.3 is 0 Å². The zero-order valence-electron chi connectivity index (χ0n) is 16.9. The molecule has 0 radical (unpaired) electrons. The third kappa shape index (κ3) is 5.22. The van der Waals surface area contributed by atoms with Gasteiger partial charge in [-0.3, -0.25) is 9.48 Å². The molecule has 1 amide bonds. The van der Waals surface area contributed by atoms with Gasteiger partial charge in [0.15, 0.2) is 0 Å². The number of anilines is 1. The third-order valence-corrected chi connectivity index (χ3v) is 4.45. The number of hydrogen-bond acceptors (Lipinski definition) is 3. The minimum Gasteiger partial charge on any atom is -0.489 e. The summed E-state index contributed by atoms with van der Waals surface area (Å²) in [6.07, 6.45) is 0.301. The molecule has 0 saturated heterocycles. The van der Waals surface area contributed by atoms with Crippen LogP contribution in [0.4, 0.5) is 5.82 Å². The van der Waals surface area contributed by atoms with Gasteiger partial charge in [0.2, 0.25) is 5.91 Å². The highest BCUT2D eigenvalue weighted by Crippen LogP contribution is 2.23. The summed E-state index contributed by atoms with van der Waals surface area (Å²) in [5.74, 6) is 1.42. The smallest absolute Gasteiger partial charge is 0.229 e. The number of aromatic nitrogens is 2. The Morgan fingerprint density at radius 1 is 1.04 bits per heavy atom. The summed E-state index contributed by atoms with van der Waals surface area (Å²) in [6, 6.07) is 19.6. The van der Waals surface area contributed by atoms with Gasteiger partial charge in [0.25, 0.3) is 0 Å². The number of carbonyl (C=O) groups excluding carboxylic acids is 1. The van der Waals surface area contributed by atoms with Crippen LogP contribution >= 0.6 is 0 Å². The number of hydrogen-bond donors (Lipinski definition) is 1. The average molecular weight is 377 g/mol. The first-order valence-corrected chi connectivity index (χ1v) is 9.41. The summed E-state index contributed by atoms with van der Waals surface area (Å²) in [4.78, 5) is 12.4. The molecule has 2 aromatic carbocycles. The summed E-state index contributed by atoms with van der Waals surface area (Å²) >= 11 is 0. The minimum absolute atomic E-state index is 0.0592. The van der Waals surface area contributed by atoms with Crippen LogP contribution in [-0.2, 0) is 30.3 Å². The number of aryl methyl sites for hydroxylation is 1. The van der Waals surface area contributed by atoms with Gasteiger partial charge in [-0.05, 0) is 23.3 Å². The van der Waals surface area contributed by atoms with Crippen molar-refractivity contribution in [2.75, 3.05) is 5.32 Å². The molecule has 0 aliphatic carbocycles.